The number of anilines is 1. The number of nitrogens with zero attached hydrogens (tertiary/aromatic N) is 2. The summed E-state index contributed by atoms with van der Waals surface area (Å²) in [6.45, 7) is 1.92. The molecule has 0 bridgehead atoms. The van der Waals surface area contributed by atoms with Crippen molar-refractivity contribution in [2.45, 2.75) is 6.92 Å². The third kappa shape index (κ3) is 3.07. The van der Waals surface area contributed by atoms with Crippen molar-refractivity contribution in [1.29, 1.82) is 5.26 Å². The van der Waals surface area contributed by atoms with Crippen molar-refractivity contribution in [1.82, 2.24) is 0 Å². The number of aryl methyl sites for hydroxylation is 1. The highest BCUT2D eigenvalue weighted by Crippen LogP contribution is 2.19. The van der Waals surface area contributed by atoms with Crippen LogP contribution in [0.4, 0.5) is 5.00 Å². The van der Waals surface area contributed by atoms with Gasteiger partial charge >= 0.3 is 0 Å². The van der Waals surface area contributed by atoms with E-state index in [1.807, 2.05) is 18.4 Å². The molecule has 78 valence electrons. The average molecular weight is 223 g/mol. The van der Waals surface area contributed by atoms with E-state index in [9.17, 15) is 4.79 Å². The van der Waals surface area contributed by atoms with Crippen LogP contribution < -0.4 is 5.32 Å². The molecular weight excluding hydrogens is 214 g/mol. The zero-order valence-corrected chi connectivity index (χ0v) is 9.09. The summed E-state index contributed by atoms with van der Waals surface area (Å²) in [7, 11) is 1.28. The first-order valence-corrected chi connectivity index (χ1v) is 4.93. The SMILES string of the molecule is CO/N=C(\C#N)C(=O)Nc1cc(C)cs1. The van der Waals surface area contributed by atoms with Gasteiger partial charge in [-0.2, -0.15) is 5.26 Å². The van der Waals surface area contributed by atoms with Gasteiger partial charge in [-0.05, 0) is 23.9 Å². The standard InChI is InChI=1S/C9H9N3O2S/c1-6-3-8(15-5-6)11-9(13)7(4-10)12-14-2/h3,5H,1-2H3,(H,11,13)/b12-7+. The molecule has 0 aliphatic rings. The maximum Gasteiger partial charge on any atom is 0.289 e. The summed E-state index contributed by atoms with van der Waals surface area (Å²) in [6, 6.07) is 3.46. The van der Waals surface area contributed by atoms with Gasteiger partial charge in [0.05, 0.1) is 5.00 Å². The summed E-state index contributed by atoms with van der Waals surface area (Å²) in [5, 5.41) is 17.0. The minimum atomic E-state index is -0.568. The Morgan fingerprint density at radius 3 is 2.93 bits per heavy atom. The van der Waals surface area contributed by atoms with Gasteiger partial charge in [-0.1, -0.05) is 5.16 Å². The van der Waals surface area contributed by atoms with Gasteiger partial charge in [0.25, 0.3) is 5.91 Å². The Labute approximate surface area is 91.0 Å². The molecule has 0 radical (unpaired) electrons. The highest BCUT2D eigenvalue weighted by molar-refractivity contribution is 7.14. The number of hydrogen-bond acceptors (Lipinski definition) is 5. The molecular formula is C9H9N3O2S. The molecule has 0 aliphatic heterocycles. The fraction of sp³-hybridized carbons (Fsp3) is 0.222. The first kappa shape index (κ1) is 11.2. The van der Waals surface area contributed by atoms with Crippen molar-refractivity contribution < 1.29 is 9.63 Å². The lowest BCUT2D eigenvalue weighted by Gasteiger charge is -1.98. The summed E-state index contributed by atoms with van der Waals surface area (Å²) < 4.78 is 0. The van der Waals surface area contributed by atoms with Crippen LogP contribution in [0.2, 0.25) is 0 Å². The molecule has 1 N–H and O–H groups in total. The predicted molar refractivity (Wildman–Crippen MR) is 57.7 cm³/mol. The van der Waals surface area contributed by atoms with Gasteiger partial charge in [-0.25, -0.2) is 0 Å². The van der Waals surface area contributed by atoms with Crippen molar-refractivity contribution in [3.8, 4) is 6.07 Å². The maximum absolute atomic E-state index is 11.4. The van der Waals surface area contributed by atoms with Crippen LogP contribution in [0, 0.1) is 18.3 Å². The van der Waals surface area contributed by atoms with E-state index in [2.05, 4.69) is 15.3 Å². The minimum Gasteiger partial charge on any atom is -0.398 e. The molecule has 0 atom stereocenters. The van der Waals surface area contributed by atoms with Gasteiger partial charge in [0.2, 0.25) is 5.71 Å². The molecule has 0 aliphatic carbocycles. The molecule has 1 rings (SSSR count). The van der Waals surface area contributed by atoms with E-state index in [1.54, 1.807) is 6.07 Å². The highest BCUT2D eigenvalue weighted by Gasteiger charge is 2.12. The number of carbonyl (C=O) groups is 1. The Morgan fingerprint density at radius 1 is 1.73 bits per heavy atom. The van der Waals surface area contributed by atoms with Crippen LogP contribution in [-0.2, 0) is 9.63 Å². The first-order chi connectivity index (χ1) is 7.17. The van der Waals surface area contributed by atoms with Crippen LogP contribution in [0.5, 0.6) is 0 Å². The maximum atomic E-state index is 11.4. The molecule has 1 aromatic heterocycles. The van der Waals surface area contributed by atoms with Crippen LogP contribution in [-0.4, -0.2) is 18.7 Å². The van der Waals surface area contributed by atoms with Gasteiger partial charge in [-0.15, -0.1) is 11.3 Å². The van der Waals surface area contributed by atoms with Crippen molar-refractivity contribution >= 4 is 28.0 Å². The van der Waals surface area contributed by atoms with E-state index < -0.39 is 5.91 Å². The molecule has 0 aromatic carbocycles. The smallest absolute Gasteiger partial charge is 0.289 e. The molecule has 0 saturated heterocycles. The van der Waals surface area contributed by atoms with Crippen LogP contribution in [0.15, 0.2) is 16.6 Å². The number of oxime groups is 1. The number of amides is 1. The number of thiophene rings is 1. The van der Waals surface area contributed by atoms with E-state index in [1.165, 1.54) is 18.4 Å². The highest BCUT2D eigenvalue weighted by atomic mass is 32.1. The Kier molecular flexibility index (Phi) is 3.83. The largest absolute Gasteiger partial charge is 0.398 e. The second-order valence-corrected chi connectivity index (χ2v) is 3.59. The van der Waals surface area contributed by atoms with Gasteiger partial charge in [0.15, 0.2) is 0 Å². The Morgan fingerprint density at radius 2 is 2.47 bits per heavy atom. The summed E-state index contributed by atoms with van der Waals surface area (Å²) in [5.74, 6) is -0.568. The third-order valence-electron chi connectivity index (χ3n) is 1.47. The van der Waals surface area contributed by atoms with Crippen LogP contribution in [0.3, 0.4) is 0 Å². The molecule has 0 unspecified atom stereocenters. The lowest BCUT2D eigenvalue weighted by molar-refractivity contribution is -0.110. The van der Waals surface area contributed by atoms with E-state index in [-0.39, 0.29) is 5.71 Å². The Bertz CT molecular complexity index is 431. The zero-order valence-electron chi connectivity index (χ0n) is 8.27. The fourth-order valence-electron chi connectivity index (χ4n) is 0.872. The quantitative estimate of drug-likeness (QED) is 0.623. The minimum absolute atomic E-state index is 0.302. The molecule has 0 saturated carbocycles. The number of nitrogens with one attached hydrogen (secondary N) is 1. The first-order valence-electron chi connectivity index (χ1n) is 4.05. The molecule has 0 spiro atoms. The fourth-order valence-corrected chi connectivity index (χ4v) is 1.66. The van der Waals surface area contributed by atoms with E-state index in [0.717, 1.165) is 5.56 Å². The van der Waals surface area contributed by atoms with Gasteiger partial charge < -0.3 is 10.2 Å². The van der Waals surface area contributed by atoms with Gasteiger partial charge in [0.1, 0.15) is 13.2 Å². The van der Waals surface area contributed by atoms with Crippen LogP contribution >= 0.6 is 11.3 Å². The second-order valence-electron chi connectivity index (χ2n) is 2.68. The second kappa shape index (κ2) is 5.12. The van der Waals surface area contributed by atoms with Crippen molar-refractivity contribution in [3.05, 3.63) is 17.0 Å². The average Bonchev–Trinajstić information content (AvgIpc) is 2.60. The monoisotopic (exact) mass is 223 g/mol. The zero-order chi connectivity index (χ0) is 11.3. The predicted octanol–water partition coefficient (Wildman–Crippen LogP) is 1.52. The summed E-state index contributed by atoms with van der Waals surface area (Å²) in [5.41, 5.74) is 0.751. The number of rotatable bonds is 3. The lowest BCUT2D eigenvalue weighted by Crippen LogP contribution is -2.21. The number of hydrogen-bond donors (Lipinski definition) is 1. The number of carbonyl (C=O) groups excluding carboxylic acids is 1. The van der Waals surface area contributed by atoms with E-state index in [4.69, 9.17) is 5.26 Å². The van der Waals surface area contributed by atoms with Crippen molar-refractivity contribution in [3.63, 3.8) is 0 Å². The van der Waals surface area contributed by atoms with Gasteiger partial charge in [0, 0.05) is 0 Å². The summed E-state index contributed by atoms with van der Waals surface area (Å²) in [6.07, 6.45) is 0. The van der Waals surface area contributed by atoms with E-state index >= 15 is 0 Å². The Hall–Kier alpha value is -1.87. The van der Waals surface area contributed by atoms with Crippen molar-refractivity contribution in [2.75, 3.05) is 12.4 Å². The topological polar surface area (TPSA) is 74.5 Å². The summed E-state index contributed by atoms with van der Waals surface area (Å²) in [4.78, 5) is 15.8. The molecule has 5 nitrogen and oxygen atoms in total. The van der Waals surface area contributed by atoms with Crippen molar-refractivity contribution in [2.24, 2.45) is 5.16 Å². The van der Waals surface area contributed by atoms with Crippen LogP contribution in [0.1, 0.15) is 5.56 Å². The lowest BCUT2D eigenvalue weighted by atomic mass is 10.3. The summed E-state index contributed by atoms with van der Waals surface area (Å²) >= 11 is 1.39. The normalized spacial score (nSPS) is 10.6. The third-order valence-corrected chi connectivity index (χ3v) is 2.43. The van der Waals surface area contributed by atoms with Gasteiger partial charge in [-0.3, -0.25) is 4.79 Å². The van der Waals surface area contributed by atoms with E-state index in [0.29, 0.717) is 5.00 Å². The molecule has 1 amide bonds. The molecule has 1 aromatic rings. The molecule has 6 heteroatoms. The van der Waals surface area contributed by atoms with Crippen LogP contribution in [0.25, 0.3) is 0 Å². The molecule has 15 heavy (non-hydrogen) atoms. The molecule has 1 heterocycles. The molecule has 0 fully saturated rings. The number of nitriles is 1. The Balaban J connectivity index is 2.71.